The highest BCUT2D eigenvalue weighted by molar-refractivity contribution is 6.33. The number of aryl methyl sites for hydroxylation is 2. The zero-order valence-corrected chi connectivity index (χ0v) is 13.9. The molecule has 0 saturated carbocycles. The molecule has 0 spiro atoms. The number of carbonyl (C=O) groups is 1. The lowest BCUT2D eigenvalue weighted by Crippen LogP contribution is -2.13. The highest BCUT2D eigenvalue weighted by Gasteiger charge is 2.20. The number of halogens is 1. The number of hydrogen-bond acceptors (Lipinski definition) is 3. The Balaban J connectivity index is 2.18. The first-order valence-corrected chi connectivity index (χ1v) is 7.46. The van der Waals surface area contributed by atoms with E-state index in [1.165, 1.54) is 6.20 Å². The Labute approximate surface area is 129 Å². The number of nitrogens with zero attached hydrogens (tertiary/aromatic N) is 4. The Bertz CT molecular complexity index is 670. The van der Waals surface area contributed by atoms with Gasteiger partial charge in [0.1, 0.15) is 5.69 Å². The van der Waals surface area contributed by atoms with Crippen molar-refractivity contribution in [2.75, 3.05) is 0 Å². The second kappa shape index (κ2) is 6.02. The average molecular weight is 309 g/mol. The van der Waals surface area contributed by atoms with Crippen LogP contribution in [0, 0.1) is 13.8 Å². The molecule has 2 aromatic rings. The molecule has 114 valence electrons. The standard InChI is InChI=1S/C15H21ClN4O/c1-9(2)20-15(13(16)8-17-20)14(21)7-6-12-10(3)18-19(5)11(12)4/h8-9H,6-7H2,1-5H3. The van der Waals surface area contributed by atoms with Crippen LogP contribution >= 0.6 is 11.6 Å². The van der Waals surface area contributed by atoms with Crippen LogP contribution < -0.4 is 0 Å². The molecule has 2 rings (SSSR count). The zero-order chi connectivity index (χ0) is 15.7. The second-order valence-corrected chi connectivity index (χ2v) is 5.98. The van der Waals surface area contributed by atoms with E-state index in [0.717, 1.165) is 17.0 Å². The van der Waals surface area contributed by atoms with Gasteiger partial charge in [-0.05, 0) is 39.7 Å². The van der Waals surface area contributed by atoms with Crippen LogP contribution in [0.2, 0.25) is 5.02 Å². The van der Waals surface area contributed by atoms with Crippen molar-refractivity contribution in [3.63, 3.8) is 0 Å². The Morgan fingerprint density at radius 1 is 1.38 bits per heavy atom. The molecule has 0 unspecified atom stereocenters. The van der Waals surface area contributed by atoms with Crippen LogP contribution in [0.1, 0.15) is 53.7 Å². The van der Waals surface area contributed by atoms with Gasteiger partial charge in [0.2, 0.25) is 0 Å². The van der Waals surface area contributed by atoms with Gasteiger partial charge in [-0.3, -0.25) is 14.2 Å². The average Bonchev–Trinajstić information content (AvgIpc) is 2.90. The van der Waals surface area contributed by atoms with E-state index in [-0.39, 0.29) is 11.8 Å². The maximum Gasteiger partial charge on any atom is 0.182 e. The first kappa shape index (κ1) is 15.8. The molecule has 2 aromatic heterocycles. The van der Waals surface area contributed by atoms with Gasteiger partial charge in [-0.15, -0.1) is 0 Å². The van der Waals surface area contributed by atoms with E-state index in [1.54, 1.807) is 4.68 Å². The maximum atomic E-state index is 12.5. The van der Waals surface area contributed by atoms with Gasteiger partial charge in [0, 0.05) is 25.2 Å². The number of ketones is 1. The molecule has 0 amide bonds. The minimum Gasteiger partial charge on any atom is -0.292 e. The van der Waals surface area contributed by atoms with Gasteiger partial charge in [0.25, 0.3) is 0 Å². The molecule has 6 heteroatoms. The molecule has 0 N–H and O–H groups in total. The van der Waals surface area contributed by atoms with E-state index >= 15 is 0 Å². The van der Waals surface area contributed by atoms with Crippen molar-refractivity contribution in [2.45, 2.75) is 46.6 Å². The van der Waals surface area contributed by atoms with Gasteiger partial charge in [-0.25, -0.2) is 0 Å². The second-order valence-electron chi connectivity index (χ2n) is 5.58. The number of Topliss-reactive ketones (excluding diaryl/α,β-unsaturated/α-hetero) is 1. The van der Waals surface area contributed by atoms with Gasteiger partial charge in [0.05, 0.1) is 16.9 Å². The van der Waals surface area contributed by atoms with Crippen molar-refractivity contribution in [1.29, 1.82) is 0 Å². The van der Waals surface area contributed by atoms with Crippen LogP contribution in [0.5, 0.6) is 0 Å². The quantitative estimate of drug-likeness (QED) is 0.796. The SMILES string of the molecule is Cc1nn(C)c(C)c1CCC(=O)c1c(Cl)cnn1C(C)C. The molecule has 0 radical (unpaired) electrons. The first-order chi connectivity index (χ1) is 9.82. The normalized spacial score (nSPS) is 11.4. The summed E-state index contributed by atoms with van der Waals surface area (Å²) in [6.07, 6.45) is 2.62. The van der Waals surface area contributed by atoms with E-state index in [1.807, 2.05) is 39.4 Å². The Hall–Kier alpha value is -1.62. The summed E-state index contributed by atoms with van der Waals surface area (Å²) < 4.78 is 3.54. The van der Waals surface area contributed by atoms with E-state index in [2.05, 4.69) is 10.2 Å². The van der Waals surface area contributed by atoms with Crippen molar-refractivity contribution < 1.29 is 4.79 Å². The summed E-state index contributed by atoms with van der Waals surface area (Å²) in [5, 5.41) is 8.98. The Morgan fingerprint density at radius 2 is 2.05 bits per heavy atom. The molecule has 21 heavy (non-hydrogen) atoms. The lowest BCUT2D eigenvalue weighted by atomic mass is 10.0. The van der Waals surface area contributed by atoms with Crippen molar-refractivity contribution >= 4 is 17.4 Å². The van der Waals surface area contributed by atoms with Crippen LogP contribution in [0.15, 0.2) is 6.20 Å². The van der Waals surface area contributed by atoms with Crippen LogP contribution in [0.4, 0.5) is 0 Å². The minimum absolute atomic E-state index is 0.0221. The number of aromatic nitrogens is 4. The van der Waals surface area contributed by atoms with E-state index in [4.69, 9.17) is 11.6 Å². The summed E-state index contributed by atoms with van der Waals surface area (Å²) in [6, 6.07) is 0.110. The van der Waals surface area contributed by atoms with E-state index < -0.39 is 0 Å². The molecule has 0 aromatic carbocycles. The van der Waals surface area contributed by atoms with Crippen LogP contribution in [-0.2, 0) is 13.5 Å². The molecular formula is C15H21ClN4O. The maximum absolute atomic E-state index is 12.5. The van der Waals surface area contributed by atoms with Crippen molar-refractivity contribution in [1.82, 2.24) is 19.6 Å². The van der Waals surface area contributed by atoms with Crippen molar-refractivity contribution in [3.8, 4) is 0 Å². The van der Waals surface area contributed by atoms with Gasteiger partial charge in [-0.2, -0.15) is 10.2 Å². The third-order valence-electron chi connectivity index (χ3n) is 3.77. The molecule has 0 atom stereocenters. The molecule has 0 aliphatic carbocycles. The molecule has 5 nitrogen and oxygen atoms in total. The summed E-state index contributed by atoms with van der Waals surface area (Å²) in [5.41, 5.74) is 3.72. The highest BCUT2D eigenvalue weighted by atomic mass is 35.5. The lowest BCUT2D eigenvalue weighted by molar-refractivity contribution is 0.0970. The third-order valence-corrected chi connectivity index (χ3v) is 4.04. The first-order valence-electron chi connectivity index (χ1n) is 7.08. The fraction of sp³-hybridized carbons (Fsp3) is 0.533. The predicted molar refractivity (Wildman–Crippen MR) is 83.0 cm³/mol. The van der Waals surface area contributed by atoms with E-state index in [9.17, 15) is 4.79 Å². The molecule has 0 bridgehead atoms. The van der Waals surface area contributed by atoms with E-state index in [0.29, 0.717) is 23.6 Å². The summed E-state index contributed by atoms with van der Waals surface area (Å²) in [4.78, 5) is 12.5. The summed E-state index contributed by atoms with van der Waals surface area (Å²) in [7, 11) is 1.92. The topological polar surface area (TPSA) is 52.7 Å². The summed E-state index contributed by atoms with van der Waals surface area (Å²) >= 11 is 6.11. The molecule has 0 fully saturated rings. The summed E-state index contributed by atoms with van der Waals surface area (Å²) in [5.74, 6) is 0.0221. The predicted octanol–water partition coefficient (Wildman–Crippen LogP) is 3.28. The molecule has 0 saturated heterocycles. The Morgan fingerprint density at radius 3 is 2.57 bits per heavy atom. The number of rotatable bonds is 5. The Kier molecular flexibility index (Phi) is 4.52. The monoisotopic (exact) mass is 308 g/mol. The highest BCUT2D eigenvalue weighted by Crippen LogP contribution is 2.22. The van der Waals surface area contributed by atoms with Gasteiger partial charge < -0.3 is 0 Å². The summed E-state index contributed by atoms with van der Waals surface area (Å²) in [6.45, 7) is 7.95. The van der Waals surface area contributed by atoms with Gasteiger partial charge in [0.15, 0.2) is 5.78 Å². The van der Waals surface area contributed by atoms with Gasteiger partial charge in [-0.1, -0.05) is 11.6 Å². The van der Waals surface area contributed by atoms with Crippen LogP contribution in [0.25, 0.3) is 0 Å². The smallest absolute Gasteiger partial charge is 0.182 e. The third kappa shape index (κ3) is 3.02. The fourth-order valence-electron chi connectivity index (χ4n) is 2.53. The fourth-order valence-corrected chi connectivity index (χ4v) is 2.77. The van der Waals surface area contributed by atoms with Crippen molar-refractivity contribution in [3.05, 3.63) is 33.9 Å². The largest absolute Gasteiger partial charge is 0.292 e. The van der Waals surface area contributed by atoms with Crippen LogP contribution in [0.3, 0.4) is 0 Å². The van der Waals surface area contributed by atoms with Gasteiger partial charge >= 0.3 is 0 Å². The number of hydrogen-bond donors (Lipinski definition) is 0. The minimum atomic E-state index is 0.0221. The lowest BCUT2D eigenvalue weighted by Gasteiger charge is -2.10. The molecular weight excluding hydrogens is 288 g/mol. The molecule has 0 aliphatic rings. The molecule has 0 aliphatic heterocycles. The zero-order valence-electron chi connectivity index (χ0n) is 13.1. The number of carbonyl (C=O) groups excluding carboxylic acids is 1. The van der Waals surface area contributed by atoms with Crippen molar-refractivity contribution in [2.24, 2.45) is 7.05 Å². The van der Waals surface area contributed by atoms with Crippen LogP contribution in [-0.4, -0.2) is 25.3 Å². The molecule has 2 heterocycles.